The number of halogens is 1. The molecule has 0 saturated heterocycles. The predicted molar refractivity (Wildman–Crippen MR) is 140 cm³/mol. The number of nitrogens with one attached hydrogen (secondary N) is 3. The van der Waals surface area contributed by atoms with Crippen molar-refractivity contribution in [2.45, 2.75) is 84.2 Å². The summed E-state index contributed by atoms with van der Waals surface area (Å²) in [6, 6.07) is 7.31. The number of sulfonamides is 1. The highest BCUT2D eigenvalue weighted by molar-refractivity contribution is 14.0. The van der Waals surface area contributed by atoms with Crippen LogP contribution in [0.5, 0.6) is 0 Å². The lowest BCUT2D eigenvalue weighted by atomic mass is 9.93. The zero-order valence-electron chi connectivity index (χ0n) is 19.6. The first-order chi connectivity index (χ1) is 14.1. The molecule has 0 unspecified atom stereocenters. The van der Waals surface area contributed by atoms with E-state index in [1.165, 1.54) is 0 Å². The Morgan fingerprint density at radius 1 is 1.06 bits per heavy atom. The molecule has 0 heterocycles. The van der Waals surface area contributed by atoms with Gasteiger partial charge in [-0.3, -0.25) is 0 Å². The van der Waals surface area contributed by atoms with Gasteiger partial charge in [0.2, 0.25) is 10.0 Å². The van der Waals surface area contributed by atoms with Crippen LogP contribution in [0.15, 0.2) is 29.3 Å². The van der Waals surface area contributed by atoms with Crippen molar-refractivity contribution < 1.29 is 13.5 Å². The lowest BCUT2D eigenvalue weighted by Crippen LogP contribution is -2.47. The van der Waals surface area contributed by atoms with Gasteiger partial charge in [-0.15, -0.1) is 24.0 Å². The fraction of sp³-hybridized carbons (Fsp3) is 0.682. The van der Waals surface area contributed by atoms with Crippen LogP contribution in [-0.4, -0.2) is 44.2 Å². The van der Waals surface area contributed by atoms with Gasteiger partial charge in [-0.2, -0.15) is 0 Å². The highest BCUT2D eigenvalue weighted by Crippen LogP contribution is 2.18. The van der Waals surface area contributed by atoms with E-state index < -0.39 is 15.6 Å². The minimum Gasteiger partial charge on any atom is -0.388 e. The Morgan fingerprint density at radius 3 is 2.16 bits per heavy atom. The van der Waals surface area contributed by atoms with Gasteiger partial charge in [-0.05, 0) is 44.7 Å². The molecule has 0 aliphatic heterocycles. The number of guanidine groups is 1. The molecule has 0 fully saturated rings. The van der Waals surface area contributed by atoms with E-state index in [2.05, 4.69) is 34.2 Å². The third-order valence-corrected chi connectivity index (χ3v) is 6.17. The van der Waals surface area contributed by atoms with E-state index in [1.54, 1.807) is 13.8 Å². The van der Waals surface area contributed by atoms with Crippen molar-refractivity contribution in [3.63, 3.8) is 0 Å². The highest BCUT2D eigenvalue weighted by atomic mass is 127. The molecule has 0 saturated carbocycles. The van der Waals surface area contributed by atoms with E-state index in [1.807, 2.05) is 31.2 Å². The second-order valence-corrected chi connectivity index (χ2v) is 9.83. The number of hydrogen-bond donors (Lipinski definition) is 4. The molecule has 0 spiro atoms. The van der Waals surface area contributed by atoms with Crippen LogP contribution in [0, 0.1) is 0 Å². The van der Waals surface area contributed by atoms with E-state index in [0.717, 1.165) is 36.8 Å². The van der Waals surface area contributed by atoms with Gasteiger partial charge in [0.1, 0.15) is 0 Å². The molecule has 1 aromatic carbocycles. The topological polar surface area (TPSA) is 103 Å². The molecule has 0 aliphatic carbocycles. The third kappa shape index (κ3) is 12.1. The van der Waals surface area contributed by atoms with E-state index in [0.29, 0.717) is 25.6 Å². The largest absolute Gasteiger partial charge is 0.388 e. The molecule has 180 valence electrons. The molecule has 0 amide bonds. The standard InChI is InChI=1S/C22H40N4O3S.HI/c1-6-13-22(27,14-7-2)17-25-21(23-8-3)24-15-19-11-9-10-12-20(19)16-30(28,29)26-18(4)5;/h9-12,18,26-27H,6-8,13-17H2,1-5H3,(H2,23,24,25);1H. The van der Waals surface area contributed by atoms with Gasteiger partial charge in [0.15, 0.2) is 5.96 Å². The number of aliphatic hydroxyl groups is 1. The first-order valence-corrected chi connectivity index (χ1v) is 12.6. The van der Waals surface area contributed by atoms with E-state index in [4.69, 9.17) is 0 Å². The number of nitrogens with zero attached hydrogens (tertiary/aromatic N) is 1. The summed E-state index contributed by atoms with van der Waals surface area (Å²) in [6.45, 7) is 11.2. The lowest BCUT2D eigenvalue weighted by Gasteiger charge is -2.28. The van der Waals surface area contributed by atoms with Crippen molar-refractivity contribution in [1.82, 2.24) is 15.4 Å². The summed E-state index contributed by atoms with van der Waals surface area (Å²) in [7, 11) is -3.41. The normalized spacial score (nSPS) is 12.5. The van der Waals surface area contributed by atoms with Crippen molar-refractivity contribution >= 4 is 40.0 Å². The van der Waals surface area contributed by atoms with Crippen LogP contribution in [0.25, 0.3) is 0 Å². The molecular formula is C22H41IN4O3S. The van der Waals surface area contributed by atoms with Crippen molar-refractivity contribution in [3.8, 4) is 0 Å². The fourth-order valence-corrected chi connectivity index (χ4v) is 4.94. The Labute approximate surface area is 206 Å². The summed E-state index contributed by atoms with van der Waals surface area (Å²) in [5, 5.41) is 17.3. The molecule has 1 rings (SSSR count). The number of benzene rings is 1. The van der Waals surface area contributed by atoms with Gasteiger partial charge in [0.25, 0.3) is 0 Å². The maximum atomic E-state index is 12.3. The zero-order valence-corrected chi connectivity index (χ0v) is 22.7. The molecular weight excluding hydrogens is 527 g/mol. The van der Waals surface area contributed by atoms with E-state index >= 15 is 0 Å². The summed E-state index contributed by atoms with van der Waals surface area (Å²) >= 11 is 0. The Bertz CT molecular complexity index is 764. The minimum atomic E-state index is -3.41. The van der Waals surface area contributed by atoms with Gasteiger partial charge < -0.3 is 15.7 Å². The van der Waals surface area contributed by atoms with Gasteiger partial charge in [-0.25, -0.2) is 18.1 Å². The molecule has 9 heteroatoms. The lowest BCUT2D eigenvalue weighted by molar-refractivity contribution is 0.0257. The first-order valence-electron chi connectivity index (χ1n) is 11.0. The van der Waals surface area contributed by atoms with Gasteiger partial charge in [0.05, 0.1) is 17.9 Å². The van der Waals surface area contributed by atoms with Gasteiger partial charge in [0, 0.05) is 19.1 Å². The van der Waals surface area contributed by atoms with Crippen LogP contribution in [0.1, 0.15) is 71.4 Å². The summed E-state index contributed by atoms with van der Waals surface area (Å²) in [4.78, 5) is 4.63. The molecule has 7 nitrogen and oxygen atoms in total. The monoisotopic (exact) mass is 568 g/mol. The predicted octanol–water partition coefficient (Wildman–Crippen LogP) is 3.52. The molecule has 4 N–H and O–H groups in total. The second-order valence-electron chi connectivity index (χ2n) is 8.07. The van der Waals surface area contributed by atoms with E-state index in [-0.39, 0.29) is 35.8 Å². The molecule has 0 aliphatic rings. The zero-order chi connectivity index (χ0) is 22.6. The minimum absolute atomic E-state index is 0. The van der Waals surface area contributed by atoms with E-state index in [9.17, 15) is 13.5 Å². The fourth-order valence-electron chi connectivity index (χ4n) is 3.44. The molecule has 0 radical (unpaired) electrons. The van der Waals surface area contributed by atoms with Crippen LogP contribution in [0.2, 0.25) is 0 Å². The Hall–Kier alpha value is -0.910. The van der Waals surface area contributed by atoms with Crippen molar-refractivity contribution in [2.75, 3.05) is 13.1 Å². The smallest absolute Gasteiger partial charge is 0.216 e. The summed E-state index contributed by atoms with van der Waals surface area (Å²) in [5.41, 5.74) is 0.841. The number of rotatable bonds is 13. The van der Waals surface area contributed by atoms with Gasteiger partial charge >= 0.3 is 0 Å². The molecule has 0 aromatic heterocycles. The van der Waals surface area contributed by atoms with Crippen molar-refractivity contribution in [1.29, 1.82) is 0 Å². The average molecular weight is 569 g/mol. The summed E-state index contributed by atoms with van der Waals surface area (Å²) in [5.74, 6) is 0.536. The maximum absolute atomic E-state index is 12.3. The number of hydrogen-bond acceptors (Lipinski definition) is 4. The van der Waals surface area contributed by atoms with Crippen LogP contribution >= 0.6 is 24.0 Å². The average Bonchev–Trinajstić information content (AvgIpc) is 2.64. The second kappa shape index (κ2) is 15.0. The molecule has 31 heavy (non-hydrogen) atoms. The number of aliphatic imine (C=N–C) groups is 1. The summed E-state index contributed by atoms with van der Waals surface area (Å²) < 4.78 is 27.3. The Morgan fingerprint density at radius 2 is 1.65 bits per heavy atom. The highest BCUT2D eigenvalue weighted by Gasteiger charge is 2.25. The van der Waals surface area contributed by atoms with Crippen LogP contribution in [0.4, 0.5) is 0 Å². The molecule has 0 atom stereocenters. The molecule has 1 aromatic rings. The van der Waals surface area contributed by atoms with Crippen molar-refractivity contribution in [2.24, 2.45) is 4.99 Å². The maximum Gasteiger partial charge on any atom is 0.216 e. The van der Waals surface area contributed by atoms with Crippen LogP contribution < -0.4 is 15.4 Å². The molecule has 0 bridgehead atoms. The Kier molecular flexibility index (Phi) is 14.6. The Balaban J connectivity index is 0.00000900. The van der Waals surface area contributed by atoms with Crippen LogP contribution in [-0.2, 0) is 22.3 Å². The van der Waals surface area contributed by atoms with Crippen LogP contribution in [0.3, 0.4) is 0 Å². The third-order valence-electron chi connectivity index (χ3n) is 4.65. The van der Waals surface area contributed by atoms with Crippen molar-refractivity contribution in [3.05, 3.63) is 35.4 Å². The van der Waals surface area contributed by atoms with Gasteiger partial charge in [-0.1, -0.05) is 51.0 Å². The summed E-state index contributed by atoms with van der Waals surface area (Å²) in [6.07, 6.45) is 3.30. The quantitative estimate of drug-likeness (QED) is 0.166. The SMILES string of the molecule is CCCC(O)(CCC)CNC(=NCc1ccccc1CS(=O)(=O)NC(C)C)NCC.I. The first kappa shape index (κ1) is 30.1.